The molecule has 0 bridgehead atoms. The average molecular weight is 194 g/mol. The van der Waals surface area contributed by atoms with Crippen LogP contribution in [-0.4, -0.2) is 9.55 Å². The maximum absolute atomic E-state index is 11.4. The van der Waals surface area contributed by atoms with Crippen LogP contribution in [0.3, 0.4) is 0 Å². The standard InChI is InChI=1S/C11H18N2O/c1-3-4-5-6-7-13-9-12-10(2)8-11(13)14/h8-9H,3-7H2,1-2H3. The number of aryl methyl sites for hydroxylation is 2. The van der Waals surface area contributed by atoms with Gasteiger partial charge in [-0.05, 0) is 13.3 Å². The van der Waals surface area contributed by atoms with Crippen LogP contribution >= 0.6 is 0 Å². The lowest BCUT2D eigenvalue weighted by Crippen LogP contribution is -2.19. The first-order valence-electron chi connectivity index (χ1n) is 5.27. The molecule has 1 heterocycles. The molecule has 0 spiro atoms. The highest BCUT2D eigenvalue weighted by Gasteiger charge is 1.96. The minimum Gasteiger partial charge on any atom is -0.299 e. The fourth-order valence-corrected chi connectivity index (χ4v) is 1.39. The second kappa shape index (κ2) is 5.58. The lowest BCUT2D eigenvalue weighted by molar-refractivity contribution is 0.563. The molecule has 1 aromatic heterocycles. The Morgan fingerprint density at radius 3 is 2.79 bits per heavy atom. The van der Waals surface area contributed by atoms with Crippen molar-refractivity contribution in [1.82, 2.24) is 9.55 Å². The van der Waals surface area contributed by atoms with E-state index in [-0.39, 0.29) is 5.56 Å². The summed E-state index contributed by atoms with van der Waals surface area (Å²) in [6, 6.07) is 1.58. The summed E-state index contributed by atoms with van der Waals surface area (Å²) in [4.78, 5) is 15.5. The van der Waals surface area contributed by atoms with Gasteiger partial charge < -0.3 is 0 Å². The zero-order valence-corrected chi connectivity index (χ0v) is 8.99. The van der Waals surface area contributed by atoms with Crippen molar-refractivity contribution >= 4 is 0 Å². The van der Waals surface area contributed by atoms with Crippen molar-refractivity contribution in [2.45, 2.75) is 46.1 Å². The molecule has 1 aromatic rings. The van der Waals surface area contributed by atoms with Crippen LogP contribution in [0.4, 0.5) is 0 Å². The van der Waals surface area contributed by atoms with Gasteiger partial charge in [-0.25, -0.2) is 4.98 Å². The van der Waals surface area contributed by atoms with Gasteiger partial charge in [-0.1, -0.05) is 26.2 Å². The highest BCUT2D eigenvalue weighted by molar-refractivity contribution is 4.95. The third kappa shape index (κ3) is 3.32. The number of aromatic nitrogens is 2. The summed E-state index contributed by atoms with van der Waals surface area (Å²) in [6.07, 6.45) is 6.37. The second-order valence-electron chi connectivity index (χ2n) is 3.62. The molecule has 78 valence electrons. The Kier molecular flexibility index (Phi) is 4.36. The van der Waals surface area contributed by atoms with E-state index in [1.54, 1.807) is 17.0 Å². The first-order chi connectivity index (χ1) is 6.74. The van der Waals surface area contributed by atoms with Crippen molar-refractivity contribution in [1.29, 1.82) is 0 Å². The van der Waals surface area contributed by atoms with Gasteiger partial charge in [-0.2, -0.15) is 0 Å². The van der Waals surface area contributed by atoms with Crippen LogP contribution in [0.25, 0.3) is 0 Å². The fraction of sp³-hybridized carbons (Fsp3) is 0.636. The van der Waals surface area contributed by atoms with Gasteiger partial charge in [0.1, 0.15) is 0 Å². The summed E-state index contributed by atoms with van der Waals surface area (Å²) in [6.45, 7) is 4.81. The Bertz CT molecular complexity index is 330. The minimum absolute atomic E-state index is 0.0639. The molecule has 0 radical (unpaired) electrons. The molecule has 0 aromatic carbocycles. The van der Waals surface area contributed by atoms with E-state index in [0.717, 1.165) is 18.7 Å². The molecule has 0 unspecified atom stereocenters. The van der Waals surface area contributed by atoms with E-state index in [1.807, 2.05) is 6.92 Å². The molecule has 0 aliphatic carbocycles. The molecule has 0 N–H and O–H groups in total. The average Bonchev–Trinajstić information content (AvgIpc) is 2.15. The van der Waals surface area contributed by atoms with Crippen LogP contribution in [-0.2, 0) is 6.54 Å². The van der Waals surface area contributed by atoms with Gasteiger partial charge in [-0.15, -0.1) is 0 Å². The quantitative estimate of drug-likeness (QED) is 0.673. The summed E-state index contributed by atoms with van der Waals surface area (Å²) < 4.78 is 1.68. The lowest BCUT2D eigenvalue weighted by Gasteiger charge is -2.04. The molecule has 0 saturated heterocycles. The number of nitrogens with zero attached hydrogens (tertiary/aromatic N) is 2. The van der Waals surface area contributed by atoms with Gasteiger partial charge in [0, 0.05) is 18.3 Å². The highest BCUT2D eigenvalue weighted by atomic mass is 16.1. The summed E-state index contributed by atoms with van der Waals surface area (Å²) in [7, 11) is 0. The molecule has 14 heavy (non-hydrogen) atoms. The topological polar surface area (TPSA) is 34.9 Å². The van der Waals surface area contributed by atoms with Crippen molar-refractivity contribution in [3.05, 3.63) is 28.4 Å². The largest absolute Gasteiger partial charge is 0.299 e. The molecular formula is C11H18N2O. The zero-order valence-electron chi connectivity index (χ0n) is 8.99. The molecule has 0 fully saturated rings. The van der Waals surface area contributed by atoms with Gasteiger partial charge >= 0.3 is 0 Å². The Balaban J connectivity index is 2.47. The van der Waals surface area contributed by atoms with Crippen molar-refractivity contribution < 1.29 is 0 Å². The molecule has 0 aliphatic heterocycles. The summed E-state index contributed by atoms with van der Waals surface area (Å²) in [5, 5.41) is 0. The molecule has 0 atom stereocenters. The van der Waals surface area contributed by atoms with Crippen molar-refractivity contribution in [3.63, 3.8) is 0 Å². The third-order valence-corrected chi connectivity index (χ3v) is 2.27. The molecule has 1 rings (SSSR count). The minimum atomic E-state index is 0.0639. The Morgan fingerprint density at radius 2 is 2.14 bits per heavy atom. The molecule has 0 aliphatic rings. The molecule has 0 saturated carbocycles. The predicted molar refractivity (Wildman–Crippen MR) is 57.4 cm³/mol. The van der Waals surface area contributed by atoms with E-state index in [4.69, 9.17) is 0 Å². The molecular weight excluding hydrogens is 176 g/mol. The van der Waals surface area contributed by atoms with E-state index >= 15 is 0 Å². The Labute approximate surface area is 84.8 Å². The van der Waals surface area contributed by atoms with Gasteiger partial charge in [0.05, 0.1) is 6.33 Å². The number of hydrogen-bond donors (Lipinski definition) is 0. The Hall–Kier alpha value is -1.12. The van der Waals surface area contributed by atoms with E-state index in [2.05, 4.69) is 11.9 Å². The van der Waals surface area contributed by atoms with E-state index in [1.165, 1.54) is 19.3 Å². The van der Waals surface area contributed by atoms with Crippen LogP contribution in [0.1, 0.15) is 38.3 Å². The number of unbranched alkanes of at least 4 members (excludes halogenated alkanes) is 3. The zero-order chi connectivity index (χ0) is 10.4. The van der Waals surface area contributed by atoms with Crippen LogP contribution in [0.5, 0.6) is 0 Å². The number of rotatable bonds is 5. The predicted octanol–water partition coefficient (Wildman–Crippen LogP) is 2.13. The van der Waals surface area contributed by atoms with Crippen LogP contribution in [0, 0.1) is 6.92 Å². The van der Waals surface area contributed by atoms with Crippen LogP contribution in [0.15, 0.2) is 17.2 Å². The van der Waals surface area contributed by atoms with Crippen LogP contribution in [0.2, 0.25) is 0 Å². The maximum atomic E-state index is 11.4. The smallest absolute Gasteiger partial charge is 0.253 e. The second-order valence-corrected chi connectivity index (χ2v) is 3.62. The van der Waals surface area contributed by atoms with Crippen molar-refractivity contribution in [2.24, 2.45) is 0 Å². The lowest BCUT2D eigenvalue weighted by atomic mass is 10.2. The summed E-state index contributed by atoms with van der Waals surface area (Å²) >= 11 is 0. The molecule has 3 heteroatoms. The van der Waals surface area contributed by atoms with E-state index in [9.17, 15) is 4.79 Å². The monoisotopic (exact) mass is 194 g/mol. The highest BCUT2D eigenvalue weighted by Crippen LogP contribution is 1.99. The third-order valence-electron chi connectivity index (χ3n) is 2.27. The van der Waals surface area contributed by atoms with Crippen molar-refractivity contribution in [3.8, 4) is 0 Å². The first kappa shape index (κ1) is 11.0. The van der Waals surface area contributed by atoms with E-state index < -0.39 is 0 Å². The van der Waals surface area contributed by atoms with Crippen molar-refractivity contribution in [2.75, 3.05) is 0 Å². The van der Waals surface area contributed by atoms with Crippen LogP contribution < -0.4 is 5.56 Å². The summed E-state index contributed by atoms with van der Waals surface area (Å²) in [5.74, 6) is 0. The molecule has 3 nitrogen and oxygen atoms in total. The normalized spacial score (nSPS) is 10.4. The van der Waals surface area contributed by atoms with Gasteiger partial charge in [0.25, 0.3) is 5.56 Å². The first-order valence-corrected chi connectivity index (χ1v) is 5.27. The van der Waals surface area contributed by atoms with Gasteiger partial charge in [-0.3, -0.25) is 9.36 Å². The number of hydrogen-bond acceptors (Lipinski definition) is 2. The van der Waals surface area contributed by atoms with E-state index in [0.29, 0.717) is 0 Å². The fourth-order valence-electron chi connectivity index (χ4n) is 1.39. The molecule has 0 amide bonds. The maximum Gasteiger partial charge on any atom is 0.253 e. The SMILES string of the molecule is CCCCCCn1cnc(C)cc1=O. The Morgan fingerprint density at radius 1 is 1.36 bits per heavy atom. The van der Waals surface area contributed by atoms with Gasteiger partial charge in [0.2, 0.25) is 0 Å². The van der Waals surface area contributed by atoms with Gasteiger partial charge in [0.15, 0.2) is 0 Å². The summed E-state index contributed by atoms with van der Waals surface area (Å²) in [5.41, 5.74) is 0.855.